The molecule has 0 bridgehead atoms. The summed E-state index contributed by atoms with van der Waals surface area (Å²) in [6.07, 6.45) is -8.32. The molecule has 0 saturated carbocycles. The number of carbonyl (C=O) groups is 1. The number of carbonyl (C=O) groups excluding carboxylic acids is 1. The average molecular weight is 362 g/mol. The quantitative estimate of drug-likeness (QED) is 0.599. The number of hydrogen-bond donors (Lipinski definition) is 0. The average Bonchev–Trinajstić information content (AvgIpc) is 2.35. The molecule has 1 heterocycles. The van der Waals surface area contributed by atoms with Crippen LogP contribution in [-0.2, 0) is 17.3 Å². The van der Waals surface area contributed by atoms with E-state index in [1.807, 2.05) is 0 Å². The molecule has 0 spiro atoms. The molecule has 0 aliphatic heterocycles. The van der Waals surface area contributed by atoms with E-state index in [4.69, 9.17) is 0 Å². The van der Waals surface area contributed by atoms with Crippen molar-refractivity contribution in [2.24, 2.45) is 0 Å². The molecule has 1 rings (SSSR count). The minimum absolute atomic E-state index is 0.0731. The molecule has 0 aliphatic rings. The van der Waals surface area contributed by atoms with Crippen LogP contribution in [0.5, 0.6) is 0 Å². The molecule has 0 fully saturated rings. The summed E-state index contributed by atoms with van der Waals surface area (Å²) < 4.78 is 68.2. The number of rotatable bonds is 3. The van der Waals surface area contributed by atoms with Gasteiger partial charge in [-0.2, -0.15) is 13.2 Å². The first-order valence-corrected chi connectivity index (χ1v) is 6.10. The number of nitrogens with zero attached hydrogens (tertiary/aromatic N) is 1. The lowest BCUT2D eigenvalue weighted by Gasteiger charge is -2.17. The highest BCUT2D eigenvalue weighted by molar-refractivity contribution is 9.10. The zero-order valence-corrected chi connectivity index (χ0v) is 11.9. The van der Waals surface area contributed by atoms with Crippen LogP contribution in [0.2, 0.25) is 0 Å². The third-order valence-corrected chi connectivity index (χ3v) is 3.36. The van der Waals surface area contributed by atoms with Gasteiger partial charge in [0.25, 0.3) is 6.43 Å². The van der Waals surface area contributed by atoms with E-state index in [-0.39, 0.29) is 16.5 Å². The number of pyridine rings is 1. The number of aromatic nitrogens is 1. The molecule has 112 valence electrons. The number of hydrogen-bond acceptors (Lipinski definition) is 3. The molecule has 3 nitrogen and oxygen atoms in total. The van der Waals surface area contributed by atoms with Crippen LogP contribution in [0.3, 0.4) is 0 Å². The largest absolute Gasteiger partial charge is 0.465 e. The van der Waals surface area contributed by atoms with Crippen LogP contribution < -0.4 is 0 Å². The topological polar surface area (TPSA) is 39.2 Å². The van der Waals surface area contributed by atoms with Gasteiger partial charge in [-0.25, -0.2) is 18.6 Å². The van der Waals surface area contributed by atoms with Crippen molar-refractivity contribution < 1.29 is 31.5 Å². The summed E-state index contributed by atoms with van der Waals surface area (Å²) in [5, 5.41) is 0. The molecule has 20 heavy (non-hydrogen) atoms. The van der Waals surface area contributed by atoms with Crippen molar-refractivity contribution in [1.82, 2.24) is 4.98 Å². The van der Waals surface area contributed by atoms with Gasteiger partial charge in [0.05, 0.1) is 12.7 Å². The van der Waals surface area contributed by atoms with Crippen LogP contribution in [0.4, 0.5) is 22.0 Å². The lowest BCUT2D eigenvalue weighted by atomic mass is 10.0. The maximum Gasteiger partial charge on any atom is 0.434 e. The minimum Gasteiger partial charge on any atom is -0.465 e. The predicted molar refractivity (Wildman–Crippen MR) is 62.6 cm³/mol. The van der Waals surface area contributed by atoms with Gasteiger partial charge in [-0.3, -0.25) is 0 Å². The second-order valence-corrected chi connectivity index (χ2v) is 4.45. The monoisotopic (exact) mass is 361 g/mol. The van der Waals surface area contributed by atoms with Crippen LogP contribution in [0.25, 0.3) is 0 Å². The first-order chi connectivity index (χ1) is 9.15. The fraction of sp³-hybridized carbons (Fsp3) is 0.455. The van der Waals surface area contributed by atoms with E-state index in [0.29, 0.717) is 0 Å². The molecule has 1 aromatic heterocycles. The van der Waals surface area contributed by atoms with Gasteiger partial charge in [0.1, 0.15) is 5.69 Å². The van der Waals surface area contributed by atoms with E-state index in [1.54, 1.807) is 0 Å². The second kappa shape index (κ2) is 6.02. The molecular weight excluding hydrogens is 353 g/mol. The zero-order valence-electron chi connectivity index (χ0n) is 10.3. The van der Waals surface area contributed by atoms with Gasteiger partial charge in [0.15, 0.2) is 5.69 Å². The van der Waals surface area contributed by atoms with Crippen LogP contribution in [0.15, 0.2) is 4.47 Å². The molecule has 0 amide bonds. The molecule has 0 N–H and O–H groups in total. The van der Waals surface area contributed by atoms with Gasteiger partial charge in [0.2, 0.25) is 0 Å². The van der Waals surface area contributed by atoms with Gasteiger partial charge in [-0.05, 0) is 27.9 Å². The highest BCUT2D eigenvalue weighted by Gasteiger charge is 2.41. The first kappa shape index (κ1) is 16.8. The Morgan fingerprint density at radius 3 is 2.30 bits per heavy atom. The van der Waals surface area contributed by atoms with E-state index >= 15 is 0 Å². The minimum atomic E-state index is -5.04. The van der Waals surface area contributed by atoms with Gasteiger partial charge in [-0.1, -0.05) is 6.92 Å². The van der Waals surface area contributed by atoms with Crippen molar-refractivity contribution in [2.45, 2.75) is 25.9 Å². The van der Waals surface area contributed by atoms with E-state index in [9.17, 15) is 26.7 Å². The number of alkyl halides is 5. The lowest BCUT2D eigenvalue weighted by molar-refractivity contribution is -0.142. The van der Waals surface area contributed by atoms with E-state index < -0.39 is 35.5 Å². The molecule has 9 heteroatoms. The summed E-state index contributed by atoms with van der Waals surface area (Å²) in [6.45, 7) is 1.43. The first-order valence-electron chi connectivity index (χ1n) is 5.31. The fourth-order valence-electron chi connectivity index (χ4n) is 1.64. The van der Waals surface area contributed by atoms with E-state index in [0.717, 1.165) is 7.11 Å². The van der Waals surface area contributed by atoms with E-state index in [1.165, 1.54) is 6.92 Å². The Kier molecular flexibility index (Phi) is 5.06. The Labute approximate surface area is 119 Å². The third-order valence-electron chi connectivity index (χ3n) is 2.48. The zero-order chi connectivity index (χ0) is 15.7. The molecule has 0 radical (unpaired) electrons. The number of methoxy groups -OCH3 is 1. The Hall–Kier alpha value is -1.25. The molecule has 0 saturated heterocycles. The summed E-state index contributed by atoms with van der Waals surface area (Å²) in [7, 11) is 0.900. The van der Waals surface area contributed by atoms with Gasteiger partial charge >= 0.3 is 12.1 Å². The fourth-order valence-corrected chi connectivity index (χ4v) is 2.38. The van der Waals surface area contributed by atoms with Crippen molar-refractivity contribution in [3.05, 3.63) is 27.0 Å². The lowest BCUT2D eigenvalue weighted by Crippen LogP contribution is -2.21. The van der Waals surface area contributed by atoms with Gasteiger partial charge in [-0.15, -0.1) is 0 Å². The normalized spacial score (nSPS) is 11.8. The SMILES string of the molecule is CCc1c(Br)c(C(F)F)nc(C(F)(F)F)c1C(=O)OC. The molecule has 0 aromatic carbocycles. The third kappa shape index (κ3) is 3.08. The van der Waals surface area contributed by atoms with Crippen molar-refractivity contribution in [1.29, 1.82) is 0 Å². The summed E-state index contributed by atoms with van der Waals surface area (Å²) in [5.41, 5.74) is -3.78. The van der Waals surface area contributed by atoms with Crippen molar-refractivity contribution in [3.63, 3.8) is 0 Å². The van der Waals surface area contributed by atoms with Crippen LogP contribution >= 0.6 is 15.9 Å². The van der Waals surface area contributed by atoms with Crippen LogP contribution in [0.1, 0.15) is 40.7 Å². The van der Waals surface area contributed by atoms with Gasteiger partial charge < -0.3 is 4.74 Å². The molecule has 1 aromatic rings. The molecule has 0 atom stereocenters. The molecule has 0 aliphatic carbocycles. The number of esters is 1. The van der Waals surface area contributed by atoms with Gasteiger partial charge in [0, 0.05) is 4.47 Å². The Bertz CT molecular complexity index is 531. The smallest absolute Gasteiger partial charge is 0.434 e. The van der Waals surface area contributed by atoms with Crippen molar-refractivity contribution in [3.8, 4) is 0 Å². The Morgan fingerprint density at radius 2 is 1.95 bits per heavy atom. The Balaban J connectivity index is 3.79. The number of halogens is 6. The molecular formula is C11H9BrF5NO2. The van der Waals surface area contributed by atoms with Crippen LogP contribution in [-0.4, -0.2) is 18.1 Å². The summed E-state index contributed by atoms with van der Waals surface area (Å²) in [6, 6.07) is 0. The predicted octanol–water partition coefficient (Wildman–Crippen LogP) is 4.15. The summed E-state index contributed by atoms with van der Waals surface area (Å²) in [4.78, 5) is 14.4. The summed E-state index contributed by atoms with van der Waals surface area (Å²) in [5.74, 6) is -1.27. The number of ether oxygens (including phenoxy) is 1. The standard InChI is InChI=1S/C11H9BrF5NO2/c1-3-4-5(10(19)20-2)8(11(15,16)17)18-7(6(4)12)9(13)14/h9H,3H2,1-2H3. The maximum atomic E-state index is 12.9. The van der Waals surface area contributed by atoms with E-state index in [2.05, 4.69) is 25.7 Å². The highest BCUT2D eigenvalue weighted by atomic mass is 79.9. The highest BCUT2D eigenvalue weighted by Crippen LogP contribution is 2.38. The molecule has 0 unspecified atom stereocenters. The van der Waals surface area contributed by atoms with Crippen LogP contribution in [0, 0.1) is 0 Å². The second-order valence-electron chi connectivity index (χ2n) is 3.66. The summed E-state index contributed by atoms with van der Waals surface area (Å²) >= 11 is 2.77. The Morgan fingerprint density at radius 1 is 1.40 bits per heavy atom. The maximum absolute atomic E-state index is 12.9. The van der Waals surface area contributed by atoms with Crippen molar-refractivity contribution in [2.75, 3.05) is 7.11 Å². The van der Waals surface area contributed by atoms with Crippen molar-refractivity contribution >= 4 is 21.9 Å².